The van der Waals surface area contributed by atoms with Crippen molar-refractivity contribution in [2.45, 2.75) is 45.6 Å². The van der Waals surface area contributed by atoms with Crippen LogP contribution in [0.5, 0.6) is 0 Å². The third kappa shape index (κ3) is 4.10. The van der Waals surface area contributed by atoms with E-state index in [1.807, 2.05) is 56.8 Å². The van der Waals surface area contributed by atoms with Gasteiger partial charge in [-0.15, -0.1) is 0 Å². The summed E-state index contributed by atoms with van der Waals surface area (Å²) in [7, 11) is 1.90. The van der Waals surface area contributed by atoms with Crippen molar-refractivity contribution >= 4 is 22.0 Å². The Morgan fingerprint density at radius 2 is 2.08 bits per heavy atom. The molecule has 0 saturated heterocycles. The Bertz CT molecular complexity index is 778. The second-order valence-corrected chi connectivity index (χ2v) is 8.20. The summed E-state index contributed by atoms with van der Waals surface area (Å²) >= 11 is 3.50. The molecule has 0 fully saturated rings. The fraction of sp³-hybridized carbons (Fsp3) is 0.474. The summed E-state index contributed by atoms with van der Waals surface area (Å²) in [5, 5.41) is 4.22. The number of rotatable bonds is 4. The summed E-state index contributed by atoms with van der Waals surface area (Å²) < 4.78 is 14.5. The van der Waals surface area contributed by atoms with Crippen molar-refractivity contribution in [1.82, 2.24) is 14.7 Å². The molecule has 0 spiro atoms. The first kappa shape index (κ1) is 18.9. The van der Waals surface area contributed by atoms with E-state index < -0.39 is 11.8 Å². The van der Waals surface area contributed by atoms with Gasteiger partial charge in [0, 0.05) is 19.0 Å². The molecule has 7 heteroatoms. The average molecular weight is 422 g/mol. The summed E-state index contributed by atoms with van der Waals surface area (Å²) in [4.78, 5) is 14.3. The highest BCUT2D eigenvalue weighted by atomic mass is 79.9. The van der Waals surface area contributed by atoms with Crippen molar-refractivity contribution in [3.8, 4) is 0 Å². The van der Waals surface area contributed by atoms with Gasteiger partial charge in [0.25, 0.3) is 0 Å². The van der Waals surface area contributed by atoms with Crippen LogP contribution in [0.3, 0.4) is 0 Å². The van der Waals surface area contributed by atoms with E-state index in [0.29, 0.717) is 19.6 Å². The topological polar surface area (TPSA) is 56.6 Å². The van der Waals surface area contributed by atoms with Gasteiger partial charge in [-0.3, -0.25) is 9.58 Å². The number of carbonyl (C=O) groups is 1. The molecule has 140 valence electrons. The van der Waals surface area contributed by atoms with E-state index in [1.54, 1.807) is 11.1 Å². The number of carbonyl (C=O) groups excluding carboxylic acids is 1. The second kappa shape index (κ2) is 7.40. The first-order valence-corrected chi connectivity index (χ1v) is 9.41. The van der Waals surface area contributed by atoms with Gasteiger partial charge in [0.15, 0.2) is 6.23 Å². The van der Waals surface area contributed by atoms with Crippen LogP contribution in [-0.2, 0) is 29.5 Å². The van der Waals surface area contributed by atoms with Gasteiger partial charge in [0.2, 0.25) is 0 Å². The molecule has 2 aromatic rings. The Balaban J connectivity index is 1.73. The van der Waals surface area contributed by atoms with E-state index in [-0.39, 0.29) is 6.09 Å². The minimum Gasteiger partial charge on any atom is -0.444 e. The standard InChI is InChI=1S/C19H24BrN3O3/c1-19(2,3)26-18(24)23-12-13-7-5-6-8-14(13)17(23)25-10-9-16-15(20)11-21-22(16)4/h5-8,11,17H,9-10,12H2,1-4H3. The number of aryl methyl sites for hydroxylation is 1. The molecule has 0 aliphatic carbocycles. The predicted molar refractivity (Wildman–Crippen MR) is 102 cm³/mol. The van der Waals surface area contributed by atoms with E-state index in [9.17, 15) is 4.79 Å². The molecule has 0 bridgehead atoms. The van der Waals surface area contributed by atoms with Crippen molar-refractivity contribution in [1.29, 1.82) is 0 Å². The van der Waals surface area contributed by atoms with Crippen molar-refractivity contribution in [2.75, 3.05) is 6.61 Å². The summed E-state index contributed by atoms with van der Waals surface area (Å²) in [5.41, 5.74) is 2.61. The molecule has 0 N–H and O–H groups in total. The van der Waals surface area contributed by atoms with Crippen LogP contribution >= 0.6 is 15.9 Å². The Morgan fingerprint density at radius 3 is 2.73 bits per heavy atom. The third-order valence-electron chi connectivity index (χ3n) is 4.20. The fourth-order valence-electron chi connectivity index (χ4n) is 3.00. The monoisotopic (exact) mass is 421 g/mol. The largest absolute Gasteiger partial charge is 0.444 e. The van der Waals surface area contributed by atoms with Gasteiger partial charge in [0.05, 0.1) is 29.5 Å². The number of amides is 1. The first-order valence-electron chi connectivity index (χ1n) is 8.61. The lowest BCUT2D eigenvalue weighted by Crippen LogP contribution is -2.36. The maximum atomic E-state index is 12.6. The van der Waals surface area contributed by atoms with Crippen molar-refractivity contribution in [2.24, 2.45) is 7.05 Å². The Labute approximate surface area is 162 Å². The van der Waals surface area contributed by atoms with Crippen LogP contribution in [0.1, 0.15) is 43.8 Å². The highest BCUT2D eigenvalue weighted by Gasteiger charge is 2.36. The molecule has 1 unspecified atom stereocenters. The molecule has 0 radical (unpaired) electrons. The lowest BCUT2D eigenvalue weighted by atomic mass is 10.1. The van der Waals surface area contributed by atoms with Crippen molar-refractivity contribution in [3.63, 3.8) is 0 Å². The lowest BCUT2D eigenvalue weighted by molar-refractivity contribution is -0.0629. The first-order chi connectivity index (χ1) is 12.3. The fourth-order valence-corrected chi connectivity index (χ4v) is 3.54. The summed E-state index contributed by atoms with van der Waals surface area (Å²) in [6, 6.07) is 7.96. The summed E-state index contributed by atoms with van der Waals surface area (Å²) in [5.74, 6) is 0. The number of halogens is 1. The summed E-state index contributed by atoms with van der Waals surface area (Å²) in [6.07, 6.45) is 1.67. The molecule has 1 aromatic carbocycles. The molecule has 1 amide bonds. The van der Waals surface area contributed by atoms with E-state index in [4.69, 9.17) is 9.47 Å². The van der Waals surface area contributed by atoms with Crippen LogP contribution in [-0.4, -0.2) is 33.0 Å². The predicted octanol–water partition coefficient (Wildman–Crippen LogP) is 4.19. The van der Waals surface area contributed by atoms with Gasteiger partial charge in [-0.25, -0.2) is 4.79 Å². The van der Waals surface area contributed by atoms with Gasteiger partial charge < -0.3 is 9.47 Å². The van der Waals surface area contributed by atoms with E-state index >= 15 is 0 Å². The van der Waals surface area contributed by atoms with Crippen LogP contribution in [0.2, 0.25) is 0 Å². The molecule has 26 heavy (non-hydrogen) atoms. The Hall–Kier alpha value is -1.86. The zero-order chi connectivity index (χ0) is 18.9. The van der Waals surface area contributed by atoms with Crippen molar-refractivity contribution < 1.29 is 14.3 Å². The van der Waals surface area contributed by atoms with Crippen LogP contribution in [0.25, 0.3) is 0 Å². The van der Waals surface area contributed by atoms with E-state index in [2.05, 4.69) is 21.0 Å². The molecular weight excluding hydrogens is 398 g/mol. The van der Waals surface area contributed by atoms with Gasteiger partial charge in [0.1, 0.15) is 5.60 Å². The van der Waals surface area contributed by atoms with E-state index in [1.165, 1.54) is 0 Å². The number of hydrogen-bond acceptors (Lipinski definition) is 4. The molecular formula is C19H24BrN3O3. The van der Waals surface area contributed by atoms with Crippen LogP contribution < -0.4 is 0 Å². The molecule has 1 aromatic heterocycles. The van der Waals surface area contributed by atoms with Gasteiger partial charge in [-0.1, -0.05) is 24.3 Å². The quantitative estimate of drug-likeness (QED) is 0.742. The molecule has 6 nitrogen and oxygen atoms in total. The molecule has 1 atom stereocenters. The zero-order valence-electron chi connectivity index (χ0n) is 15.5. The van der Waals surface area contributed by atoms with Gasteiger partial charge in [-0.2, -0.15) is 5.10 Å². The second-order valence-electron chi connectivity index (χ2n) is 7.34. The number of fused-ring (bicyclic) bond motifs is 1. The number of hydrogen-bond donors (Lipinski definition) is 0. The maximum absolute atomic E-state index is 12.6. The molecule has 3 rings (SSSR count). The van der Waals surface area contributed by atoms with Gasteiger partial charge >= 0.3 is 6.09 Å². The molecule has 0 saturated carbocycles. The highest BCUT2D eigenvalue weighted by Crippen LogP contribution is 2.35. The van der Waals surface area contributed by atoms with Crippen LogP contribution in [0.15, 0.2) is 34.9 Å². The summed E-state index contributed by atoms with van der Waals surface area (Å²) in [6.45, 7) is 6.55. The SMILES string of the molecule is Cn1ncc(Br)c1CCOC1c2ccccc2CN1C(=O)OC(C)(C)C. The average Bonchev–Trinajstić information content (AvgIpc) is 3.08. The van der Waals surface area contributed by atoms with Crippen LogP contribution in [0.4, 0.5) is 4.79 Å². The number of nitrogens with zero attached hydrogens (tertiary/aromatic N) is 3. The molecule has 1 aliphatic heterocycles. The lowest BCUT2D eigenvalue weighted by Gasteiger charge is -2.28. The molecule has 2 heterocycles. The van der Waals surface area contributed by atoms with Crippen molar-refractivity contribution in [3.05, 3.63) is 51.8 Å². The van der Waals surface area contributed by atoms with E-state index in [0.717, 1.165) is 21.3 Å². The third-order valence-corrected chi connectivity index (χ3v) is 4.86. The number of aromatic nitrogens is 2. The minimum absolute atomic E-state index is 0.361. The number of benzene rings is 1. The van der Waals surface area contributed by atoms with Gasteiger partial charge in [-0.05, 0) is 42.3 Å². The van der Waals surface area contributed by atoms with Crippen LogP contribution in [0, 0.1) is 0 Å². The normalized spacial score (nSPS) is 16.7. The highest BCUT2D eigenvalue weighted by molar-refractivity contribution is 9.10. The zero-order valence-corrected chi connectivity index (χ0v) is 17.1. The molecule has 1 aliphatic rings. The Kier molecular flexibility index (Phi) is 5.39. The smallest absolute Gasteiger partial charge is 0.412 e. The number of ether oxygens (including phenoxy) is 2. The minimum atomic E-state index is -0.546. The maximum Gasteiger partial charge on any atom is 0.412 e. The Morgan fingerprint density at radius 1 is 1.35 bits per heavy atom.